The molecule has 16 heteroatoms. The second kappa shape index (κ2) is 33.0. The van der Waals surface area contributed by atoms with E-state index in [0.29, 0.717) is 55.6 Å². The van der Waals surface area contributed by atoms with Gasteiger partial charge in [-0.25, -0.2) is 14.9 Å². The Kier molecular flexibility index (Phi) is 30.9. The van der Waals surface area contributed by atoms with Crippen LogP contribution in [0.25, 0.3) is 0 Å². The molecule has 0 aromatic rings. The van der Waals surface area contributed by atoms with Crippen molar-refractivity contribution >= 4 is 35.4 Å². The third-order valence-electron chi connectivity index (χ3n) is 7.94. The lowest BCUT2D eigenvalue weighted by Gasteiger charge is -2.15. The number of primary amides is 1. The van der Waals surface area contributed by atoms with Crippen molar-refractivity contribution in [3.05, 3.63) is 0 Å². The Bertz CT molecular complexity index is 956. The second-order valence-electron chi connectivity index (χ2n) is 12.6. The standard InChI is InChI=1S/C34H66N8O8/c1-29(43)41(49)27-12-4-10-26-39-32(46)17-16-31(45)38-23-8-3-9-24-40-33(47)18-19-34(48)42(50)28-13-5-11-25-37-30(44)15-14-22-36-21-7-2-6-20-35/h36,49-50H,2-28,35H2,1H3,(H,37,44)(H,38,45)(H,39,46)(H,40,47)/p+1. The largest absolute Gasteiger partial charge is 0.356 e. The SMILES string of the molecule is CC(=O)N(O)CCCCCNC(=O)CCC(=O)[NH2+]CCCCCNC(=O)CCC(=O)N(O)CCCCCNC(=O)CCCNCCCCCN. The van der Waals surface area contributed by atoms with Gasteiger partial charge in [0, 0.05) is 65.3 Å². The van der Waals surface area contributed by atoms with E-state index in [2.05, 4.69) is 21.3 Å². The summed E-state index contributed by atoms with van der Waals surface area (Å²) >= 11 is 0. The molecule has 0 bridgehead atoms. The lowest BCUT2D eigenvalue weighted by atomic mass is 10.2. The summed E-state index contributed by atoms with van der Waals surface area (Å²) in [7, 11) is 0. The molecular weight excluding hydrogens is 648 g/mol. The minimum atomic E-state index is -0.503. The summed E-state index contributed by atoms with van der Waals surface area (Å²) < 4.78 is 0. The van der Waals surface area contributed by atoms with Crippen molar-refractivity contribution in [1.82, 2.24) is 31.4 Å². The van der Waals surface area contributed by atoms with Gasteiger partial charge in [0.1, 0.15) is 0 Å². The fourth-order valence-corrected chi connectivity index (χ4v) is 4.82. The number of carbonyl (C=O) groups is 6. The lowest BCUT2D eigenvalue weighted by molar-refractivity contribution is -0.569. The van der Waals surface area contributed by atoms with Gasteiger partial charge in [-0.15, -0.1) is 0 Å². The quantitative estimate of drug-likeness (QED) is 0.0265. The molecule has 0 aliphatic heterocycles. The molecule has 0 heterocycles. The monoisotopic (exact) mass is 716 g/mol. The van der Waals surface area contributed by atoms with Gasteiger partial charge in [-0.1, -0.05) is 6.42 Å². The van der Waals surface area contributed by atoms with Gasteiger partial charge in [0.05, 0.1) is 13.0 Å². The summed E-state index contributed by atoms with van der Waals surface area (Å²) in [4.78, 5) is 70.9. The molecule has 6 amide bonds. The molecule has 0 saturated carbocycles. The Morgan fingerprint density at radius 2 is 1.02 bits per heavy atom. The molecule has 0 fully saturated rings. The van der Waals surface area contributed by atoms with E-state index in [1.807, 2.05) is 0 Å². The summed E-state index contributed by atoms with van der Waals surface area (Å²) in [5.74, 6) is -1.40. The number of carbonyl (C=O) groups excluding carboxylic acids is 6. The summed E-state index contributed by atoms with van der Waals surface area (Å²) in [6.07, 6.45) is 11.3. The van der Waals surface area contributed by atoms with Crippen LogP contribution < -0.4 is 32.3 Å². The minimum Gasteiger partial charge on any atom is -0.356 e. The van der Waals surface area contributed by atoms with Crippen LogP contribution in [0.2, 0.25) is 0 Å². The number of hydrogen-bond donors (Lipinski definition) is 8. The number of unbranched alkanes of at least 4 members (excludes halogenated alkanes) is 8. The third-order valence-corrected chi connectivity index (χ3v) is 7.94. The second-order valence-corrected chi connectivity index (χ2v) is 12.6. The molecule has 16 nitrogen and oxygen atoms in total. The van der Waals surface area contributed by atoms with Gasteiger partial charge in [0.25, 0.3) is 0 Å². The van der Waals surface area contributed by atoms with Crippen molar-refractivity contribution in [1.29, 1.82) is 0 Å². The lowest BCUT2D eigenvalue weighted by Crippen LogP contribution is -2.88. The normalized spacial score (nSPS) is 10.8. The Morgan fingerprint density at radius 1 is 0.540 bits per heavy atom. The van der Waals surface area contributed by atoms with E-state index in [4.69, 9.17) is 5.73 Å². The molecule has 0 atom stereocenters. The van der Waals surface area contributed by atoms with Crippen LogP contribution in [-0.2, 0) is 28.8 Å². The van der Waals surface area contributed by atoms with Gasteiger partial charge in [0.2, 0.25) is 29.5 Å². The van der Waals surface area contributed by atoms with Gasteiger partial charge >= 0.3 is 5.91 Å². The molecule has 0 aliphatic carbocycles. The average molecular weight is 716 g/mol. The predicted molar refractivity (Wildman–Crippen MR) is 189 cm³/mol. The predicted octanol–water partition coefficient (Wildman–Crippen LogP) is 0.451. The van der Waals surface area contributed by atoms with E-state index in [1.54, 1.807) is 5.32 Å². The highest BCUT2D eigenvalue weighted by Crippen LogP contribution is 2.02. The van der Waals surface area contributed by atoms with Crippen LogP contribution in [0.4, 0.5) is 0 Å². The highest BCUT2D eigenvalue weighted by Gasteiger charge is 2.13. The topological polar surface area (TPSA) is 240 Å². The first-order valence-electron chi connectivity index (χ1n) is 18.6. The van der Waals surface area contributed by atoms with Gasteiger partial charge in [-0.2, -0.15) is 0 Å². The van der Waals surface area contributed by atoms with Crippen LogP contribution in [0, 0.1) is 0 Å². The van der Waals surface area contributed by atoms with Crippen LogP contribution in [-0.4, -0.2) is 115 Å². The van der Waals surface area contributed by atoms with Crippen LogP contribution in [0.1, 0.15) is 122 Å². The number of hydrogen-bond acceptors (Lipinski definition) is 10. The summed E-state index contributed by atoms with van der Waals surface area (Å²) in [6.45, 7) is 6.31. The average Bonchev–Trinajstić information content (AvgIpc) is 3.09. The first-order chi connectivity index (χ1) is 24.1. The third kappa shape index (κ3) is 30.8. The molecule has 0 unspecified atom stereocenters. The molecule has 0 radical (unpaired) electrons. The van der Waals surface area contributed by atoms with Crippen molar-refractivity contribution in [3.8, 4) is 0 Å². The Hall–Kier alpha value is -3.18. The van der Waals surface area contributed by atoms with Gasteiger partial charge in [-0.05, 0) is 96.7 Å². The van der Waals surface area contributed by atoms with Crippen molar-refractivity contribution in [3.63, 3.8) is 0 Å². The fraction of sp³-hybridized carbons (Fsp3) is 0.824. The van der Waals surface area contributed by atoms with E-state index < -0.39 is 11.8 Å². The smallest absolute Gasteiger partial charge is 0.310 e. The van der Waals surface area contributed by atoms with Gasteiger partial charge < -0.3 is 27.0 Å². The number of rotatable bonds is 33. The zero-order chi connectivity index (χ0) is 37.2. The maximum absolute atomic E-state index is 12.1. The van der Waals surface area contributed by atoms with Crippen molar-refractivity contribution in [2.45, 2.75) is 122 Å². The molecule has 0 aromatic heterocycles. The first-order valence-corrected chi connectivity index (χ1v) is 18.6. The maximum atomic E-state index is 12.1. The van der Waals surface area contributed by atoms with E-state index >= 15 is 0 Å². The van der Waals surface area contributed by atoms with Crippen LogP contribution in [0.15, 0.2) is 0 Å². The molecule has 0 aliphatic rings. The number of amides is 6. The van der Waals surface area contributed by atoms with Crippen LogP contribution in [0.3, 0.4) is 0 Å². The summed E-state index contributed by atoms with van der Waals surface area (Å²) in [5, 5.41) is 33.9. The summed E-state index contributed by atoms with van der Waals surface area (Å²) in [5.41, 5.74) is 5.47. The fourth-order valence-electron chi connectivity index (χ4n) is 4.82. The summed E-state index contributed by atoms with van der Waals surface area (Å²) in [6, 6.07) is 0. The molecule has 0 rings (SSSR count). The Morgan fingerprint density at radius 3 is 1.60 bits per heavy atom. The molecule has 0 saturated heterocycles. The molecule has 0 aromatic carbocycles. The zero-order valence-electron chi connectivity index (χ0n) is 30.5. The van der Waals surface area contributed by atoms with Gasteiger partial charge in [0.15, 0.2) is 0 Å². The molecule has 290 valence electrons. The Balaban J connectivity index is 3.63. The Labute approximate surface area is 298 Å². The number of nitrogens with one attached hydrogen (secondary N) is 4. The van der Waals surface area contributed by atoms with E-state index in [1.165, 1.54) is 6.92 Å². The van der Waals surface area contributed by atoms with E-state index in [-0.39, 0.29) is 62.4 Å². The molecule has 50 heavy (non-hydrogen) atoms. The maximum Gasteiger partial charge on any atom is 0.310 e. The zero-order valence-corrected chi connectivity index (χ0v) is 30.5. The molecule has 10 N–H and O–H groups in total. The van der Waals surface area contributed by atoms with Crippen LogP contribution in [0.5, 0.6) is 0 Å². The number of nitrogens with two attached hydrogens (primary N) is 2. The van der Waals surface area contributed by atoms with E-state index in [0.717, 1.165) is 90.3 Å². The number of quaternary nitrogens is 1. The number of hydroxylamine groups is 4. The molecular formula is C34H67N8O8+. The molecule has 0 spiro atoms. The number of nitrogens with zero attached hydrogens (tertiary/aromatic N) is 2. The van der Waals surface area contributed by atoms with Gasteiger partial charge in [-0.3, -0.25) is 39.7 Å². The minimum absolute atomic E-state index is 0.00876. The highest BCUT2D eigenvalue weighted by atomic mass is 16.5. The van der Waals surface area contributed by atoms with Crippen LogP contribution >= 0.6 is 0 Å². The van der Waals surface area contributed by atoms with Crippen molar-refractivity contribution in [2.75, 3.05) is 58.9 Å². The van der Waals surface area contributed by atoms with Crippen molar-refractivity contribution < 1.29 is 44.5 Å². The van der Waals surface area contributed by atoms with Crippen molar-refractivity contribution in [2.24, 2.45) is 5.73 Å². The van der Waals surface area contributed by atoms with E-state index in [9.17, 15) is 39.2 Å². The highest BCUT2D eigenvalue weighted by molar-refractivity contribution is 5.83. The first kappa shape index (κ1) is 46.8.